The predicted molar refractivity (Wildman–Crippen MR) is 55.9 cm³/mol. The average Bonchev–Trinajstić information content (AvgIpc) is 2.26. The molecule has 0 aliphatic carbocycles. The van der Waals surface area contributed by atoms with Gasteiger partial charge in [-0.3, -0.25) is 0 Å². The Morgan fingerprint density at radius 2 is 2.20 bits per heavy atom. The molecular formula is C9H19N3O3. The summed E-state index contributed by atoms with van der Waals surface area (Å²) in [6.45, 7) is 3.36. The summed E-state index contributed by atoms with van der Waals surface area (Å²) in [6, 6.07) is -0.248. The molecule has 0 aromatic carbocycles. The third kappa shape index (κ3) is 3.65. The van der Waals surface area contributed by atoms with Crippen LogP contribution in [-0.4, -0.2) is 47.6 Å². The van der Waals surface area contributed by atoms with Crippen LogP contribution >= 0.6 is 0 Å². The molecule has 1 atom stereocenters. The standard InChI is InChI=1S/C9H19N3O3/c1-7(8(10)12-14)11-6-9(13)2-4-15-5-3-9/h7,11,13-14H,2-6H2,1H3,(H2,10,12). The molecule has 1 fully saturated rings. The molecule has 1 unspecified atom stereocenters. The first-order valence-electron chi connectivity index (χ1n) is 5.08. The summed E-state index contributed by atoms with van der Waals surface area (Å²) in [4.78, 5) is 0. The minimum Gasteiger partial charge on any atom is -0.409 e. The monoisotopic (exact) mass is 217 g/mol. The highest BCUT2D eigenvalue weighted by molar-refractivity contribution is 5.84. The van der Waals surface area contributed by atoms with Crippen molar-refractivity contribution in [1.29, 1.82) is 0 Å². The minimum absolute atomic E-state index is 0.116. The number of nitrogens with zero attached hydrogens (tertiary/aromatic N) is 1. The number of hydrogen-bond donors (Lipinski definition) is 4. The zero-order valence-corrected chi connectivity index (χ0v) is 8.94. The van der Waals surface area contributed by atoms with Gasteiger partial charge in [-0.1, -0.05) is 5.16 Å². The van der Waals surface area contributed by atoms with Crippen molar-refractivity contribution >= 4 is 5.84 Å². The second-order valence-corrected chi connectivity index (χ2v) is 3.96. The van der Waals surface area contributed by atoms with Gasteiger partial charge in [0, 0.05) is 32.6 Å². The Bertz CT molecular complexity index is 227. The van der Waals surface area contributed by atoms with Crippen LogP contribution in [0.5, 0.6) is 0 Å². The fraction of sp³-hybridized carbons (Fsp3) is 0.889. The Balaban J connectivity index is 2.35. The van der Waals surface area contributed by atoms with Crippen LogP contribution < -0.4 is 11.1 Å². The number of hydrogen-bond acceptors (Lipinski definition) is 5. The van der Waals surface area contributed by atoms with Crippen LogP contribution in [0.25, 0.3) is 0 Å². The highest BCUT2D eigenvalue weighted by atomic mass is 16.5. The molecule has 88 valence electrons. The summed E-state index contributed by atoms with van der Waals surface area (Å²) in [5.74, 6) is 0.116. The second-order valence-electron chi connectivity index (χ2n) is 3.96. The molecule has 0 aromatic heterocycles. The molecule has 0 spiro atoms. The van der Waals surface area contributed by atoms with Crippen molar-refractivity contribution in [3.8, 4) is 0 Å². The van der Waals surface area contributed by atoms with Crippen molar-refractivity contribution in [1.82, 2.24) is 5.32 Å². The van der Waals surface area contributed by atoms with Crippen LogP contribution in [0, 0.1) is 0 Å². The maximum absolute atomic E-state index is 10.1. The normalized spacial score (nSPS) is 23.7. The van der Waals surface area contributed by atoms with Gasteiger partial charge in [0.15, 0.2) is 5.84 Å². The summed E-state index contributed by atoms with van der Waals surface area (Å²) in [5.41, 5.74) is 4.67. The Labute approximate surface area is 89.1 Å². The van der Waals surface area contributed by atoms with Crippen LogP contribution in [-0.2, 0) is 4.74 Å². The topological polar surface area (TPSA) is 100 Å². The van der Waals surface area contributed by atoms with Gasteiger partial charge < -0.3 is 26.1 Å². The van der Waals surface area contributed by atoms with E-state index in [2.05, 4.69) is 10.5 Å². The lowest BCUT2D eigenvalue weighted by Crippen LogP contribution is -2.50. The van der Waals surface area contributed by atoms with Gasteiger partial charge in [0.25, 0.3) is 0 Å². The van der Waals surface area contributed by atoms with Gasteiger partial charge in [-0.15, -0.1) is 0 Å². The van der Waals surface area contributed by atoms with Crippen molar-refractivity contribution in [2.75, 3.05) is 19.8 Å². The fourth-order valence-corrected chi connectivity index (χ4v) is 1.46. The van der Waals surface area contributed by atoms with E-state index in [-0.39, 0.29) is 11.9 Å². The molecule has 0 saturated carbocycles. The van der Waals surface area contributed by atoms with Crippen molar-refractivity contribution in [2.45, 2.75) is 31.4 Å². The summed E-state index contributed by atoms with van der Waals surface area (Å²) < 4.78 is 5.16. The van der Waals surface area contributed by atoms with Crippen LogP contribution in [0.1, 0.15) is 19.8 Å². The van der Waals surface area contributed by atoms with Gasteiger partial charge in [-0.2, -0.15) is 0 Å². The lowest BCUT2D eigenvalue weighted by molar-refractivity contribution is -0.0618. The van der Waals surface area contributed by atoms with Crippen molar-refractivity contribution in [3.63, 3.8) is 0 Å². The lowest BCUT2D eigenvalue weighted by Gasteiger charge is -2.33. The molecule has 0 aromatic rings. The maximum atomic E-state index is 10.1. The molecule has 1 aliphatic heterocycles. The van der Waals surface area contributed by atoms with Crippen LogP contribution in [0.15, 0.2) is 5.16 Å². The number of amidine groups is 1. The Morgan fingerprint density at radius 3 is 2.73 bits per heavy atom. The number of oxime groups is 1. The maximum Gasteiger partial charge on any atom is 0.156 e. The first kappa shape index (κ1) is 12.2. The summed E-state index contributed by atoms with van der Waals surface area (Å²) >= 11 is 0. The average molecular weight is 217 g/mol. The number of aliphatic hydroxyl groups is 1. The highest BCUT2D eigenvalue weighted by Gasteiger charge is 2.30. The number of nitrogens with two attached hydrogens (primary N) is 1. The summed E-state index contributed by atoms with van der Waals surface area (Å²) in [7, 11) is 0. The van der Waals surface area contributed by atoms with E-state index in [1.807, 2.05) is 0 Å². The zero-order chi connectivity index (χ0) is 11.3. The van der Waals surface area contributed by atoms with Crippen LogP contribution in [0.4, 0.5) is 0 Å². The van der Waals surface area contributed by atoms with Crippen molar-refractivity contribution < 1.29 is 15.1 Å². The number of rotatable bonds is 4. The molecule has 0 bridgehead atoms. The first-order chi connectivity index (χ1) is 7.07. The Hall–Kier alpha value is -0.850. The SMILES string of the molecule is CC(NCC1(O)CCOCC1)C(N)=NO. The highest BCUT2D eigenvalue weighted by Crippen LogP contribution is 2.19. The van der Waals surface area contributed by atoms with E-state index in [4.69, 9.17) is 15.7 Å². The number of ether oxygens (including phenoxy) is 1. The molecule has 1 heterocycles. The van der Waals surface area contributed by atoms with Gasteiger partial charge in [0.1, 0.15) is 0 Å². The van der Waals surface area contributed by atoms with E-state index < -0.39 is 5.60 Å². The van der Waals surface area contributed by atoms with E-state index in [0.717, 1.165) is 0 Å². The third-order valence-corrected chi connectivity index (χ3v) is 2.72. The Morgan fingerprint density at radius 1 is 1.60 bits per heavy atom. The number of nitrogens with one attached hydrogen (secondary N) is 1. The van der Waals surface area contributed by atoms with Gasteiger partial charge in [-0.25, -0.2) is 0 Å². The fourth-order valence-electron chi connectivity index (χ4n) is 1.46. The molecule has 6 heteroatoms. The smallest absolute Gasteiger partial charge is 0.156 e. The summed E-state index contributed by atoms with van der Waals surface area (Å²) in [5, 5.41) is 24.5. The van der Waals surface area contributed by atoms with Crippen molar-refractivity contribution in [3.05, 3.63) is 0 Å². The molecule has 6 nitrogen and oxygen atoms in total. The first-order valence-corrected chi connectivity index (χ1v) is 5.08. The molecule has 15 heavy (non-hydrogen) atoms. The third-order valence-electron chi connectivity index (χ3n) is 2.72. The molecule has 1 saturated heterocycles. The molecule has 1 rings (SSSR count). The molecular weight excluding hydrogens is 198 g/mol. The molecule has 0 radical (unpaired) electrons. The van der Waals surface area contributed by atoms with E-state index in [1.165, 1.54) is 0 Å². The van der Waals surface area contributed by atoms with Crippen molar-refractivity contribution in [2.24, 2.45) is 10.9 Å². The lowest BCUT2D eigenvalue weighted by atomic mass is 9.94. The second kappa shape index (κ2) is 5.29. The largest absolute Gasteiger partial charge is 0.409 e. The van der Waals surface area contributed by atoms with Gasteiger partial charge in [0.05, 0.1) is 11.6 Å². The minimum atomic E-state index is -0.734. The van der Waals surface area contributed by atoms with Gasteiger partial charge >= 0.3 is 0 Å². The molecule has 1 aliphatic rings. The van der Waals surface area contributed by atoms with Gasteiger partial charge in [0.2, 0.25) is 0 Å². The van der Waals surface area contributed by atoms with Crippen LogP contribution in [0.2, 0.25) is 0 Å². The molecule has 0 amide bonds. The predicted octanol–water partition coefficient (Wildman–Crippen LogP) is -0.748. The van der Waals surface area contributed by atoms with E-state index in [0.29, 0.717) is 32.6 Å². The Kier molecular flexibility index (Phi) is 4.31. The van der Waals surface area contributed by atoms with E-state index in [1.54, 1.807) is 6.92 Å². The zero-order valence-electron chi connectivity index (χ0n) is 8.94. The summed E-state index contributed by atoms with van der Waals surface area (Å²) in [6.07, 6.45) is 1.23. The quantitative estimate of drug-likeness (QED) is 0.215. The van der Waals surface area contributed by atoms with Crippen LogP contribution in [0.3, 0.4) is 0 Å². The van der Waals surface area contributed by atoms with E-state index in [9.17, 15) is 5.11 Å². The van der Waals surface area contributed by atoms with Gasteiger partial charge in [-0.05, 0) is 6.92 Å². The van der Waals surface area contributed by atoms with E-state index >= 15 is 0 Å². The molecule has 5 N–H and O–H groups in total.